The molecule has 7 heterocycles. The van der Waals surface area contributed by atoms with Gasteiger partial charge in [0.1, 0.15) is 55.5 Å². The number of nitriles is 1. The zero-order valence-electron chi connectivity index (χ0n) is 31.9. The maximum absolute atomic E-state index is 13.0. The van der Waals surface area contributed by atoms with Crippen LogP contribution >= 0.6 is 26.1 Å². The number of hydrogen-bond acceptors (Lipinski definition) is 17. The average Bonchev–Trinajstić information content (AvgIpc) is 4.02. The van der Waals surface area contributed by atoms with Crippen molar-refractivity contribution in [2.24, 2.45) is 5.92 Å². The van der Waals surface area contributed by atoms with E-state index >= 15 is 0 Å². The van der Waals surface area contributed by atoms with Crippen LogP contribution in [-0.2, 0) is 48.7 Å². The smallest absolute Gasteiger partial charge is 0.349 e. The second-order valence-electron chi connectivity index (χ2n) is 14.2. The number of H-pyrrole nitrogens is 1. The lowest BCUT2D eigenvalue weighted by atomic mass is 10.2. The molecular weight excluding hydrogens is 863 g/mol. The molecule has 2 amide bonds. The van der Waals surface area contributed by atoms with E-state index < -0.39 is 62.2 Å². The second-order valence-corrected chi connectivity index (χ2v) is 20.1. The van der Waals surface area contributed by atoms with Crippen molar-refractivity contribution < 1.29 is 46.6 Å². The molecule has 0 radical (unpaired) electrons. The molecule has 2 bridgehead atoms. The Labute approximate surface area is 352 Å². The normalized spacial score (nSPS) is 28.4. The van der Waals surface area contributed by atoms with Crippen LogP contribution in [0, 0.1) is 17.2 Å². The summed E-state index contributed by atoms with van der Waals surface area (Å²) in [7, 11) is -3.54. The summed E-state index contributed by atoms with van der Waals surface area (Å²) in [5.74, 6) is -0.909. The molecule has 0 aliphatic carbocycles. The van der Waals surface area contributed by atoms with E-state index in [1.807, 2.05) is 12.1 Å². The fourth-order valence-electron chi connectivity index (χ4n) is 6.82. The van der Waals surface area contributed by atoms with Gasteiger partial charge in [-0.2, -0.15) is 23.8 Å². The number of aromatic nitrogens is 7. The lowest BCUT2D eigenvalue weighted by molar-refractivity contribution is -0.118. The van der Waals surface area contributed by atoms with Gasteiger partial charge in [-0.05, 0) is 30.0 Å². The van der Waals surface area contributed by atoms with Crippen LogP contribution in [0.3, 0.4) is 0 Å². The van der Waals surface area contributed by atoms with Crippen LogP contribution in [0.15, 0.2) is 60.0 Å². The number of carbonyl (C=O) groups excluding carboxylic acids is 2. The van der Waals surface area contributed by atoms with E-state index in [4.69, 9.17) is 56.1 Å². The average molecular weight is 902 g/mol. The highest BCUT2D eigenvalue weighted by Crippen LogP contribution is 2.69. The van der Waals surface area contributed by atoms with Gasteiger partial charge in [-0.25, -0.2) is 15.0 Å². The summed E-state index contributed by atoms with van der Waals surface area (Å²) in [5.41, 5.74) is 0.324. The minimum atomic E-state index is -4.06. The topological polar surface area (TPSA) is 261 Å². The van der Waals surface area contributed by atoms with Crippen LogP contribution < -0.4 is 16.2 Å². The van der Waals surface area contributed by atoms with Crippen molar-refractivity contribution in [3.8, 4) is 6.07 Å². The van der Waals surface area contributed by atoms with Crippen LogP contribution in [-0.4, -0.2) is 95.0 Å². The first kappa shape index (κ1) is 42.4. The Hall–Kier alpha value is -4.27. The van der Waals surface area contributed by atoms with Gasteiger partial charge in [-0.3, -0.25) is 29.3 Å². The van der Waals surface area contributed by atoms with Crippen molar-refractivity contribution >= 4 is 83.7 Å². The van der Waals surface area contributed by atoms with Gasteiger partial charge in [-0.1, -0.05) is 32.0 Å². The van der Waals surface area contributed by atoms with E-state index in [9.17, 15) is 24.5 Å². The number of anilines is 2. The van der Waals surface area contributed by atoms with E-state index in [0.717, 1.165) is 0 Å². The van der Waals surface area contributed by atoms with Crippen LogP contribution in [0.5, 0.6) is 0 Å². The van der Waals surface area contributed by atoms with Gasteiger partial charge in [0, 0.05) is 30.5 Å². The van der Waals surface area contributed by atoms with E-state index in [1.165, 1.54) is 17.2 Å². The summed E-state index contributed by atoms with van der Waals surface area (Å²) in [6, 6.07) is 12.5. The van der Waals surface area contributed by atoms with E-state index in [1.54, 1.807) is 54.9 Å². The Morgan fingerprint density at radius 3 is 2.70 bits per heavy atom. The number of carbonyl (C=O) groups is 2. The number of nitrogens with zero attached hydrogens (tertiary/aromatic N) is 7. The molecule has 25 heteroatoms. The first-order chi connectivity index (χ1) is 28.8. The molecular formula is C35H39N10O11P2S2+. The number of aromatic amines is 1. The van der Waals surface area contributed by atoms with Gasteiger partial charge in [0.15, 0.2) is 17.4 Å². The lowest BCUT2D eigenvalue weighted by Crippen LogP contribution is -2.30. The van der Waals surface area contributed by atoms with Gasteiger partial charge in [0.25, 0.3) is 11.5 Å². The molecule has 0 saturated carbocycles. The third kappa shape index (κ3) is 9.16. The molecule has 1 aromatic carbocycles. The van der Waals surface area contributed by atoms with Crippen LogP contribution in [0.2, 0.25) is 0 Å². The van der Waals surface area contributed by atoms with Crippen molar-refractivity contribution in [3.05, 3.63) is 71.2 Å². The monoisotopic (exact) mass is 901 g/mol. The van der Waals surface area contributed by atoms with E-state index in [0.29, 0.717) is 22.4 Å². The summed E-state index contributed by atoms with van der Waals surface area (Å²) < 4.78 is 46.9. The molecule has 3 saturated heterocycles. The van der Waals surface area contributed by atoms with E-state index in [-0.39, 0.29) is 68.0 Å². The molecule has 21 nitrogen and oxygen atoms in total. The number of nitrogens with one attached hydrogen (secondary N) is 3. The fraction of sp³-hybridized carbons (Fsp3) is 0.429. The highest BCUT2D eigenvalue weighted by Gasteiger charge is 2.53. The number of imidazole rings is 1. The zero-order chi connectivity index (χ0) is 42.2. The Morgan fingerprint density at radius 1 is 1.10 bits per heavy atom. The molecule has 60 heavy (non-hydrogen) atoms. The first-order valence-corrected chi connectivity index (χ1v) is 24.0. The molecule has 316 valence electrons. The molecule has 8 atom stereocenters. The predicted molar refractivity (Wildman–Crippen MR) is 221 cm³/mol. The number of thiol groups is 1. The molecule has 8 rings (SSSR count). The summed E-state index contributed by atoms with van der Waals surface area (Å²) in [6.07, 6.45) is -0.483. The number of fused-ring (bicyclic) bond motifs is 5. The van der Waals surface area contributed by atoms with Gasteiger partial charge < -0.3 is 33.3 Å². The van der Waals surface area contributed by atoms with Crippen molar-refractivity contribution in [2.45, 2.75) is 70.0 Å². The Bertz CT molecular complexity index is 2560. The highest BCUT2D eigenvalue weighted by molar-refractivity contribution is 8.47. The number of benzene rings is 1. The molecule has 2 unspecified atom stereocenters. The number of ether oxygens (including phenoxy) is 2. The lowest BCUT2D eigenvalue weighted by Gasteiger charge is -2.27. The highest BCUT2D eigenvalue weighted by atomic mass is 32.7. The molecule has 5 aromatic rings. The third-order valence-electron chi connectivity index (χ3n) is 9.72. The van der Waals surface area contributed by atoms with Gasteiger partial charge in [-0.15, -0.1) is 0 Å². The molecule has 3 fully saturated rings. The molecule has 0 spiro atoms. The Kier molecular flexibility index (Phi) is 12.4. The predicted octanol–water partition coefficient (Wildman–Crippen LogP) is 4.56. The number of amides is 2. The SMILES string of the molecule is CC(C)C(=O)Nc1nc2c(ncn2[C@@H]2O[C@@H]3CO[P+](S)(OCCC#N)O[C@H]4C[C@H](n5ccc6c(NC(=O)c7ccccc7)ncnc65)O[C@@H]4COP(O)(=S)O[C@@H]2C3)c(=O)[nH]1. The van der Waals surface area contributed by atoms with Crippen LogP contribution in [0.1, 0.15) is 55.9 Å². The van der Waals surface area contributed by atoms with E-state index in [2.05, 4.69) is 35.6 Å². The number of rotatable bonds is 9. The summed E-state index contributed by atoms with van der Waals surface area (Å²) in [5, 5.41) is 15.3. The second kappa shape index (κ2) is 17.6. The largest absolute Gasteiger partial charge is 0.478 e. The standard InChI is InChI=1S/C35H38N10O11P2S2/c1-19(2)31(46)42-35-41-30-27(33(48)43-35)39-18-45(30)34-24-13-21(53-34)15-52-58(60,50-12-6-10-36)56-23-14-26(54-25(23)16-51-57(49,59)55-24)44-11-9-22-28(37-17-38-29(22)44)40-32(47)20-7-4-3-5-8-20/h3-5,7-9,11,17-19,21,23-26,34,60H,6,12-16H2,1-2H3,(H3-,37,38,40,41,42,43,46,47,48,49,59)/p+1/t21-,23-,24+,25+,26+,34+,57?,58?/m0/s1. The third-order valence-corrected chi connectivity index (χ3v) is 13.8. The molecule has 3 aliphatic heterocycles. The minimum absolute atomic E-state index is 0.0222. The first-order valence-electron chi connectivity index (χ1n) is 18.7. The maximum Gasteiger partial charge on any atom is 0.478 e. The molecule has 3 aliphatic rings. The van der Waals surface area contributed by atoms with Gasteiger partial charge in [0.2, 0.25) is 11.9 Å². The summed E-state index contributed by atoms with van der Waals surface area (Å²) in [4.78, 5) is 69.8. The van der Waals surface area contributed by atoms with Gasteiger partial charge in [0.05, 0.1) is 49.2 Å². The maximum atomic E-state index is 13.0. The Morgan fingerprint density at radius 2 is 1.92 bits per heavy atom. The Balaban J connectivity index is 1.06. The minimum Gasteiger partial charge on any atom is -0.349 e. The van der Waals surface area contributed by atoms with Crippen molar-refractivity contribution in [1.29, 1.82) is 5.26 Å². The van der Waals surface area contributed by atoms with Crippen LogP contribution in [0.25, 0.3) is 22.2 Å². The molecule has 4 N–H and O–H groups in total. The van der Waals surface area contributed by atoms with Crippen molar-refractivity contribution in [2.75, 3.05) is 30.5 Å². The quantitative estimate of drug-likeness (QED) is 0.0771. The van der Waals surface area contributed by atoms with Gasteiger partial charge >= 0.3 is 13.9 Å². The number of hydrogen-bond donors (Lipinski definition) is 5. The van der Waals surface area contributed by atoms with Crippen LogP contribution in [0.4, 0.5) is 11.8 Å². The fourth-order valence-corrected chi connectivity index (χ4v) is 10.5. The van der Waals surface area contributed by atoms with Crippen molar-refractivity contribution in [1.82, 2.24) is 34.1 Å². The molecule has 4 aromatic heterocycles. The summed E-state index contributed by atoms with van der Waals surface area (Å²) in [6.45, 7) is -1.19. The zero-order valence-corrected chi connectivity index (χ0v) is 35.4. The summed E-state index contributed by atoms with van der Waals surface area (Å²) >= 11 is 10.3. The van der Waals surface area contributed by atoms with Crippen molar-refractivity contribution in [3.63, 3.8) is 0 Å².